The van der Waals surface area contributed by atoms with Gasteiger partial charge in [-0.2, -0.15) is 18.2 Å². The predicted molar refractivity (Wildman–Crippen MR) is 169 cm³/mol. The van der Waals surface area contributed by atoms with Gasteiger partial charge in [-0.05, 0) is 61.0 Å². The maximum absolute atomic E-state index is 13.1. The Bertz CT molecular complexity index is 1880. The molecular formula is C31H26F6N6O6S. The van der Waals surface area contributed by atoms with Crippen molar-refractivity contribution in [2.75, 3.05) is 36.5 Å². The average Bonchev–Trinajstić information content (AvgIpc) is 3.67. The summed E-state index contributed by atoms with van der Waals surface area (Å²) in [6.07, 6.45) is -8.01. The molecule has 12 nitrogen and oxygen atoms in total. The van der Waals surface area contributed by atoms with Gasteiger partial charge in [0.05, 0.1) is 29.4 Å². The van der Waals surface area contributed by atoms with Crippen molar-refractivity contribution in [1.29, 1.82) is 0 Å². The number of aromatic nitrogens is 3. The van der Waals surface area contributed by atoms with Gasteiger partial charge in [-0.15, -0.1) is 18.3 Å². The fourth-order valence-corrected chi connectivity index (χ4v) is 5.38. The van der Waals surface area contributed by atoms with E-state index in [9.17, 15) is 35.9 Å². The Morgan fingerprint density at radius 2 is 1.80 bits per heavy atom. The molecule has 0 radical (unpaired) electrons. The molecule has 5 rings (SSSR count). The molecule has 50 heavy (non-hydrogen) atoms. The number of anilines is 2. The van der Waals surface area contributed by atoms with Crippen molar-refractivity contribution in [2.45, 2.75) is 26.1 Å². The molecule has 1 aromatic heterocycles. The highest BCUT2D eigenvalue weighted by Crippen LogP contribution is 2.33. The second kappa shape index (κ2) is 15.2. The van der Waals surface area contributed by atoms with E-state index in [2.05, 4.69) is 25.1 Å². The van der Waals surface area contributed by atoms with Crippen LogP contribution in [0.1, 0.15) is 11.1 Å². The highest BCUT2D eigenvalue weighted by atomic mass is 32.2. The van der Waals surface area contributed by atoms with E-state index in [4.69, 9.17) is 14.2 Å². The quantitative estimate of drug-likeness (QED) is 0.130. The molecule has 0 aliphatic carbocycles. The topological polar surface area (TPSA) is 129 Å². The summed E-state index contributed by atoms with van der Waals surface area (Å²) in [5, 5.41) is 6.96. The molecular weight excluding hydrogens is 698 g/mol. The van der Waals surface area contributed by atoms with Gasteiger partial charge >= 0.3 is 18.6 Å². The number of carbonyl (C=O) groups excluding carboxylic acids is 2. The van der Waals surface area contributed by atoms with Gasteiger partial charge in [0.25, 0.3) is 0 Å². The molecule has 0 bridgehead atoms. The summed E-state index contributed by atoms with van der Waals surface area (Å²) >= 11 is 0.974. The van der Waals surface area contributed by atoms with Gasteiger partial charge in [0.15, 0.2) is 17.8 Å². The summed E-state index contributed by atoms with van der Waals surface area (Å²) in [5.41, 5.74) is 2.25. The zero-order chi connectivity index (χ0) is 36.1. The summed E-state index contributed by atoms with van der Waals surface area (Å²) in [7, 11) is 1.39. The molecule has 19 heteroatoms. The van der Waals surface area contributed by atoms with Gasteiger partial charge in [0.1, 0.15) is 24.4 Å². The number of ether oxygens (including phenoxy) is 4. The van der Waals surface area contributed by atoms with Crippen LogP contribution in [0.4, 0.5) is 42.5 Å². The molecule has 3 amide bonds. The van der Waals surface area contributed by atoms with Gasteiger partial charge in [-0.3, -0.25) is 9.69 Å². The first-order valence-electron chi connectivity index (χ1n) is 14.3. The average molecular weight is 725 g/mol. The fraction of sp³-hybridized carbons (Fsp3) is 0.258. The van der Waals surface area contributed by atoms with Crippen molar-refractivity contribution in [3.63, 3.8) is 0 Å². The summed E-state index contributed by atoms with van der Waals surface area (Å²) in [6.45, 7) is -0.388. The van der Waals surface area contributed by atoms with E-state index in [1.54, 1.807) is 25.1 Å². The molecule has 0 spiro atoms. The number of nitrogens with zero attached hydrogens (tertiary/aromatic N) is 5. The Kier molecular flexibility index (Phi) is 11.0. The van der Waals surface area contributed by atoms with Crippen LogP contribution in [0.2, 0.25) is 0 Å². The van der Waals surface area contributed by atoms with Gasteiger partial charge in [-0.25, -0.2) is 14.5 Å². The zero-order valence-electron chi connectivity index (χ0n) is 26.0. The van der Waals surface area contributed by atoms with Crippen molar-refractivity contribution in [3.8, 4) is 28.6 Å². The molecule has 4 aromatic rings. The van der Waals surface area contributed by atoms with Gasteiger partial charge in [-0.1, -0.05) is 23.9 Å². The predicted octanol–water partition coefficient (Wildman–Crippen LogP) is 6.87. The number of benzene rings is 3. The number of methoxy groups -OCH3 is 1. The van der Waals surface area contributed by atoms with Crippen LogP contribution >= 0.6 is 11.8 Å². The van der Waals surface area contributed by atoms with E-state index in [1.165, 1.54) is 48.5 Å². The number of urea groups is 1. The SMILES string of the molecule is COCOc1cc(-c2ncn(-c3ccc(OC(F)(F)F)cc3)n2)ccc1NC(=O)N=C1SCC(=O)N1c1cc(C)ccc1COCC(F)(F)F. The summed E-state index contributed by atoms with van der Waals surface area (Å²) in [4.78, 5) is 35.5. The zero-order valence-corrected chi connectivity index (χ0v) is 26.9. The first kappa shape index (κ1) is 36.1. The highest BCUT2D eigenvalue weighted by Gasteiger charge is 2.33. The third-order valence-corrected chi connectivity index (χ3v) is 7.53. The van der Waals surface area contributed by atoms with E-state index in [-0.39, 0.29) is 46.2 Å². The van der Waals surface area contributed by atoms with Crippen LogP contribution in [0.25, 0.3) is 17.1 Å². The van der Waals surface area contributed by atoms with Gasteiger partial charge < -0.3 is 24.3 Å². The number of halogens is 6. The maximum Gasteiger partial charge on any atom is 0.573 e. The summed E-state index contributed by atoms with van der Waals surface area (Å²) in [6, 6.07) is 13.5. The minimum Gasteiger partial charge on any atom is -0.465 e. The number of hydrogen-bond acceptors (Lipinski definition) is 9. The lowest BCUT2D eigenvalue weighted by Gasteiger charge is -2.21. The van der Waals surface area contributed by atoms with E-state index in [0.717, 1.165) is 28.8 Å². The molecule has 0 atom stereocenters. The number of aliphatic imine (C=N–C) groups is 1. The number of carbonyl (C=O) groups is 2. The third kappa shape index (κ3) is 9.51. The number of hydrogen-bond donors (Lipinski definition) is 1. The van der Waals surface area contributed by atoms with Crippen molar-refractivity contribution in [3.05, 3.63) is 78.1 Å². The molecule has 1 saturated heterocycles. The Labute approximate surface area is 284 Å². The number of rotatable bonds is 11. The van der Waals surface area contributed by atoms with Crippen molar-refractivity contribution in [2.24, 2.45) is 4.99 Å². The highest BCUT2D eigenvalue weighted by molar-refractivity contribution is 8.15. The standard InChI is InChI=1S/C31H26F6N6O6S/c1-18-3-4-20(13-47-15-30(32,33)34)24(11-18)43-26(44)14-50-29(43)40-28(45)39-23-10-5-19(12-25(23)48-17-46-2)27-38-16-42(41-27)21-6-8-22(9-7-21)49-31(35,36)37/h3-12,16H,13-15,17H2,1-2H3,(H,39,45). The Balaban J connectivity index is 1.35. The second-order valence-corrected chi connectivity index (χ2v) is 11.3. The number of amides is 3. The van der Waals surface area contributed by atoms with E-state index >= 15 is 0 Å². The van der Waals surface area contributed by atoms with Crippen LogP contribution < -0.4 is 19.7 Å². The lowest BCUT2D eigenvalue weighted by molar-refractivity contribution is -0.274. The maximum atomic E-state index is 13.1. The summed E-state index contributed by atoms with van der Waals surface area (Å²) in [5.74, 6) is -0.548. The van der Waals surface area contributed by atoms with Crippen molar-refractivity contribution >= 4 is 40.2 Å². The van der Waals surface area contributed by atoms with Crippen molar-refractivity contribution in [1.82, 2.24) is 14.8 Å². The fourth-order valence-electron chi connectivity index (χ4n) is 4.52. The first-order chi connectivity index (χ1) is 23.7. The lowest BCUT2D eigenvalue weighted by Crippen LogP contribution is -2.31. The number of alkyl halides is 6. The molecule has 1 aliphatic heterocycles. The summed E-state index contributed by atoms with van der Waals surface area (Å²) < 4.78 is 96.2. The number of aryl methyl sites for hydroxylation is 1. The minimum atomic E-state index is -4.83. The Morgan fingerprint density at radius 3 is 2.50 bits per heavy atom. The number of amidine groups is 1. The normalized spacial score (nSPS) is 14.4. The second-order valence-electron chi connectivity index (χ2n) is 10.4. The van der Waals surface area contributed by atoms with Crippen LogP contribution in [-0.2, 0) is 20.9 Å². The van der Waals surface area contributed by atoms with E-state index in [0.29, 0.717) is 16.8 Å². The van der Waals surface area contributed by atoms with Crippen LogP contribution in [0.3, 0.4) is 0 Å². The monoisotopic (exact) mass is 724 g/mol. The Morgan fingerprint density at radius 1 is 1.04 bits per heavy atom. The van der Waals surface area contributed by atoms with Crippen LogP contribution in [0.5, 0.6) is 11.5 Å². The largest absolute Gasteiger partial charge is 0.573 e. The van der Waals surface area contributed by atoms with Crippen LogP contribution in [0, 0.1) is 6.92 Å². The molecule has 1 fully saturated rings. The molecule has 264 valence electrons. The van der Waals surface area contributed by atoms with Gasteiger partial charge in [0, 0.05) is 18.2 Å². The number of nitrogens with one attached hydrogen (secondary N) is 1. The Hall–Kier alpha value is -5.14. The van der Waals surface area contributed by atoms with Gasteiger partial charge in [0.2, 0.25) is 5.91 Å². The first-order valence-corrected chi connectivity index (χ1v) is 15.3. The van der Waals surface area contributed by atoms with E-state index < -0.39 is 43.4 Å². The van der Waals surface area contributed by atoms with Crippen LogP contribution in [0.15, 0.2) is 72.0 Å². The van der Waals surface area contributed by atoms with E-state index in [1.807, 2.05) is 0 Å². The van der Waals surface area contributed by atoms with Crippen LogP contribution in [-0.4, -0.2) is 70.7 Å². The molecule has 1 N–H and O–H groups in total. The molecule has 3 aromatic carbocycles. The third-order valence-electron chi connectivity index (χ3n) is 6.61. The molecule has 0 saturated carbocycles. The molecule has 2 heterocycles. The minimum absolute atomic E-state index is 0.00103. The molecule has 0 unspecified atom stereocenters. The van der Waals surface area contributed by atoms with Crippen molar-refractivity contribution < 1.29 is 54.9 Å². The lowest BCUT2D eigenvalue weighted by atomic mass is 10.1. The smallest absolute Gasteiger partial charge is 0.465 e. The number of thioether (sulfide) groups is 1. The molecule has 1 aliphatic rings.